The molecule has 0 spiro atoms. The van der Waals surface area contributed by atoms with Gasteiger partial charge in [0.25, 0.3) is 0 Å². The predicted molar refractivity (Wildman–Crippen MR) is 64.6 cm³/mol. The van der Waals surface area contributed by atoms with Crippen molar-refractivity contribution < 1.29 is 9.53 Å². The molecule has 1 fully saturated rings. The van der Waals surface area contributed by atoms with Gasteiger partial charge in [-0.15, -0.1) is 12.4 Å². The summed E-state index contributed by atoms with van der Waals surface area (Å²) in [4.78, 5) is 11.5. The minimum Gasteiger partial charge on any atom is -0.469 e. The summed E-state index contributed by atoms with van der Waals surface area (Å²) in [6.45, 7) is 0.874. The monoisotopic (exact) mass is 241 g/mol. The van der Waals surface area contributed by atoms with Gasteiger partial charge in [0.2, 0.25) is 0 Å². The average molecular weight is 242 g/mol. The van der Waals surface area contributed by atoms with Gasteiger partial charge in [-0.1, -0.05) is 30.3 Å². The zero-order valence-corrected chi connectivity index (χ0v) is 10.00. The zero-order chi connectivity index (χ0) is 10.7. The smallest absolute Gasteiger partial charge is 0.310 e. The van der Waals surface area contributed by atoms with Crippen molar-refractivity contribution in [2.45, 2.75) is 12.5 Å². The van der Waals surface area contributed by atoms with E-state index in [1.54, 1.807) is 0 Å². The highest BCUT2D eigenvalue weighted by molar-refractivity contribution is 5.85. The minimum atomic E-state index is -0.117. The molecule has 1 aliphatic rings. The SMILES string of the molecule is COC(=O)[C@H]1CCN[C@H]1c1ccccc1.Cl. The maximum Gasteiger partial charge on any atom is 0.310 e. The Kier molecular flexibility index (Phi) is 4.77. The van der Waals surface area contributed by atoms with Gasteiger partial charge >= 0.3 is 5.97 Å². The lowest BCUT2D eigenvalue weighted by molar-refractivity contribution is -0.145. The first-order chi connectivity index (χ1) is 7.33. The second-order valence-corrected chi connectivity index (χ2v) is 3.76. The van der Waals surface area contributed by atoms with Crippen LogP contribution >= 0.6 is 12.4 Å². The quantitative estimate of drug-likeness (QED) is 0.805. The van der Waals surface area contributed by atoms with Crippen molar-refractivity contribution in [2.24, 2.45) is 5.92 Å². The summed E-state index contributed by atoms with van der Waals surface area (Å²) in [6.07, 6.45) is 0.853. The first-order valence-corrected chi connectivity index (χ1v) is 5.19. The topological polar surface area (TPSA) is 38.3 Å². The Bertz CT molecular complexity index is 342. The first-order valence-electron chi connectivity index (χ1n) is 5.19. The number of benzene rings is 1. The van der Waals surface area contributed by atoms with E-state index >= 15 is 0 Å². The Morgan fingerprint density at radius 1 is 1.38 bits per heavy atom. The summed E-state index contributed by atoms with van der Waals surface area (Å²) >= 11 is 0. The van der Waals surface area contributed by atoms with Crippen LogP contribution in [-0.4, -0.2) is 19.6 Å². The molecule has 3 nitrogen and oxygen atoms in total. The fraction of sp³-hybridized carbons (Fsp3) is 0.417. The first kappa shape index (κ1) is 13.0. The number of carbonyl (C=O) groups is 1. The molecule has 0 bridgehead atoms. The van der Waals surface area contributed by atoms with Crippen molar-refractivity contribution in [2.75, 3.05) is 13.7 Å². The maximum atomic E-state index is 11.5. The third-order valence-corrected chi connectivity index (χ3v) is 2.88. The third kappa shape index (κ3) is 2.54. The molecule has 2 atom stereocenters. The van der Waals surface area contributed by atoms with Gasteiger partial charge in [0.05, 0.1) is 13.0 Å². The van der Waals surface area contributed by atoms with E-state index in [1.165, 1.54) is 7.11 Å². The number of hydrogen-bond acceptors (Lipinski definition) is 3. The zero-order valence-electron chi connectivity index (χ0n) is 9.18. The van der Waals surface area contributed by atoms with Crippen molar-refractivity contribution in [3.63, 3.8) is 0 Å². The largest absolute Gasteiger partial charge is 0.469 e. The molecule has 88 valence electrons. The molecule has 0 amide bonds. The van der Waals surface area contributed by atoms with E-state index in [0.717, 1.165) is 18.5 Å². The molecule has 1 aromatic carbocycles. The third-order valence-electron chi connectivity index (χ3n) is 2.88. The van der Waals surface area contributed by atoms with Crippen LogP contribution in [0.5, 0.6) is 0 Å². The number of rotatable bonds is 2. The van der Waals surface area contributed by atoms with Crippen LogP contribution in [0.3, 0.4) is 0 Å². The van der Waals surface area contributed by atoms with Gasteiger partial charge in [0.15, 0.2) is 0 Å². The van der Waals surface area contributed by atoms with Crippen LogP contribution in [-0.2, 0) is 9.53 Å². The standard InChI is InChI=1S/C12H15NO2.ClH/c1-15-12(14)10-7-8-13-11(10)9-5-3-2-4-6-9;/h2-6,10-11,13H,7-8H2,1H3;1H/t10-,11-;/m0./s1. The molecule has 1 saturated heterocycles. The van der Waals surface area contributed by atoms with Crippen molar-refractivity contribution in [3.8, 4) is 0 Å². The minimum absolute atomic E-state index is 0. The van der Waals surface area contributed by atoms with Crippen molar-refractivity contribution in [3.05, 3.63) is 35.9 Å². The van der Waals surface area contributed by atoms with Gasteiger partial charge < -0.3 is 10.1 Å². The number of methoxy groups -OCH3 is 1. The van der Waals surface area contributed by atoms with Crippen molar-refractivity contribution in [1.29, 1.82) is 0 Å². The maximum absolute atomic E-state index is 11.5. The van der Waals surface area contributed by atoms with E-state index in [-0.39, 0.29) is 30.3 Å². The lowest BCUT2D eigenvalue weighted by Gasteiger charge is -2.17. The lowest BCUT2D eigenvalue weighted by atomic mass is 9.94. The second-order valence-electron chi connectivity index (χ2n) is 3.76. The molecule has 1 aliphatic heterocycles. The summed E-state index contributed by atoms with van der Waals surface area (Å²) in [7, 11) is 1.45. The molecule has 4 heteroatoms. The Morgan fingerprint density at radius 2 is 2.06 bits per heavy atom. The molecule has 2 rings (SSSR count). The number of nitrogens with one attached hydrogen (secondary N) is 1. The fourth-order valence-corrected chi connectivity index (χ4v) is 2.12. The Balaban J connectivity index is 0.00000128. The van der Waals surface area contributed by atoms with E-state index in [0.29, 0.717) is 0 Å². The van der Waals surface area contributed by atoms with E-state index in [9.17, 15) is 4.79 Å². The fourth-order valence-electron chi connectivity index (χ4n) is 2.12. The lowest BCUT2D eigenvalue weighted by Crippen LogP contribution is -2.24. The number of esters is 1. The van der Waals surface area contributed by atoms with Gasteiger partial charge in [-0.2, -0.15) is 0 Å². The van der Waals surface area contributed by atoms with Gasteiger partial charge in [-0.3, -0.25) is 4.79 Å². The van der Waals surface area contributed by atoms with E-state index in [2.05, 4.69) is 5.32 Å². The molecule has 0 unspecified atom stereocenters. The molecule has 1 aromatic rings. The number of ether oxygens (including phenoxy) is 1. The molecule has 0 saturated carbocycles. The van der Waals surface area contributed by atoms with Crippen LogP contribution in [0.4, 0.5) is 0 Å². The van der Waals surface area contributed by atoms with Crippen LogP contribution < -0.4 is 5.32 Å². The molecular formula is C12H16ClNO2. The number of halogens is 1. The Labute approximate surface area is 102 Å². The van der Waals surface area contributed by atoms with Crippen LogP contribution in [0, 0.1) is 5.92 Å². The normalized spacial score (nSPS) is 23.6. The molecule has 0 aromatic heterocycles. The summed E-state index contributed by atoms with van der Waals surface area (Å²) < 4.78 is 4.81. The second kappa shape index (κ2) is 5.87. The molecule has 1 heterocycles. The van der Waals surface area contributed by atoms with Gasteiger partial charge in [0, 0.05) is 6.04 Å². The average Bonchev–Trinajstić information content (AvgIpc) is 2.78. The van der Waals surface area contributed by atoms with E-state index in [4.69, 9.17) is 4.74 Å². The highest BCUT2D eigenvalue weighted by atomic mass is 35.5. The molecular weight excluding hydrogens is 226 g/mol. The van der Waals surface area contributed by atoms with E-state index in [1.807, 2.05) is 30.3 Å². The molecule has 0 radical (unpaired) electrons. The van der Waals surface area contributed by atoms with Crippen LogP contribution in [0.15, 0.2) is 30.3 Å². The highest BCUT2D eigenvalue weighted by Gasteiger charge is 2.34. The van der Waals surface area contributed by atoms with Crippen molar-refractivity contribution >= 4 is 18.4 Å². The summed E-state index contributed by atoms with van der Waals surface area (Å²) in [5.41, 5.74) is 1.16. The summed E-state index contributed by atoms with van der Waals surface area (Å²) in [5, 5.41) is 3.34. The Morgan fingerprint density at radius 3 is 2.69 bits per heavy atom. The van der Waals surface area contributed by atoms with Gasteiger partial charge in [0.1, 0.15) is 0 Å². The van der Waals surface area contributed by atoms with Crippen LogP contribution in [0.25, 0.3) is 0 Å². The molecule has 16 heavy (non-hydrogen) atoms. The van der Waals surface area contributed by atoms with Crippen LogP contribution in [0.2, 0.25) is 0 Å². The summed E-state index contributed by atoms with van der Waals surface area (Å²) in [6, 6.07) is 10.1. The van der Waals surface area contributed by atoms with E-state index < -0.39 is 0 Å². The van der Waals surface area contributed by atoms with Crippen LogP contribution in [0.1, 0.15) is 18.0 Å². The highest BCUT2D eigenvalue weighted by Crippen LogP contribution is 2.30. The van der Waals surface area contributed by atoms with Gasteiger partial charge in [-0.05, 0) is 18.5 Å². The Hall–Kier alpha value is -1.06. The molecule has 1 N–H and O–H groups in total. The molecule has 0 aliphatic carbocycles. The predicted octanol–water partition coefficient (Wildman–Crippen LogP) is 1.93. The number of carbonyl (C=O) groups excluding carboxylic acids is 1. The van der Waals surface area contributed by atoms with Gasteiger partial charge in [-0.25, -0.2) is 0 Å². The van der Waals surface area contributed by atoms with Crippen molar-refractivity contribution in [1.82, 2.24) is 5.32 Å². The number of hydrogen-bond donors (Lipinski definition) is 1. The summed E-state index contributed by atoms with van der Waals surface area (Å²) in [5.74, 6) is -0.161.